The van der Waals surface area contributed by atoms with Crippen LogP contribution in [0.2, 0.25) is 0 Å². The van der Waals surface area contributed by atoms with Gasteiger partial charge in [-0.15, -0.1) is 0 Å². The number of carboxylic acids is 1. The molecule has 0 saturated carbocycles. The second-order valence-electron chi connectivity index (χ2n) is 3.59. The van der Waals surface area contributed by atoms with Gasteiger partial charge in [0, 0.05) is 0 Å². The van der Waals surface area contributed by atoms with Crippen LogP contribution in [-0.4, -0.2) is 26.0 Å². The highest BCUT2D eigenvalue weighted by atomic mass is 32.2. The van der Waals surface area contributed by atoms with Crippen LogP contribution in [0.1, 0.15) is 10.5 Å². The summed E-state index contributed by atoms with van der Waals surface area (Å²) in [6, 6.07) is 7.41. The topological polar surface area (TPSA) is 89.1 Å². The van der Waals surface area contributed by atoms with E-state index in [0.717, 1.165) is 5.52 Å². The van der Waals surface area contributed by atoms with Gasteiger partial charge in [0.1, 0.15) is 10.5 Å². The van der Waals surface area contributed by atoms with Crippen LogP contribution >= 0.6 is 11.8 Å². The normalized spacial score (nSPS) is 10.7. The Bertz CT molecular complexity index is 706. The Hall–Kier alpha value is -2.41. The van der Waals surface area contributed by atoms with Gasteiger partial charge in [0.15, 0.2) is 11.3 Å². The van der Waals surface area contributed by atoms with Gasteiger partial charge in [-0.05, 0) is 23.9 Å². The summed E-state index contributed by atoms with van der Waals surface area (Å²) in [7, 11) is 0. The summed E-state index contributed by atoms with van der Waals surface area (Å²) >= 11 is 1.19. The average molecular weight is 273 g/mol. The second kappa shape index (κ2) is 4.69. The lowest BCUT2D eigenvalue weighted by Crippen LogP contribution is -2.00. The third kappa shape index (κ3) is 2.41. The molecule has 19 heavy (non-hydrogen) atoms. The molecule has 7 heteroatoms. The fraction of sp³-hybridized carbons (Fsp3) is 0. The number of rotatable bonds is 3. The molecule has 1 aromatic carbocycles. The minimum Gasteiger partial charge on any atom is -0.476 e. The molecule has 0 bridgehead atoms. The lowest BCUT2D eigenvalue weighted by Gasteiger charge is -1.96. The van der Waals surface area contributed by atoms with Crippen molar-refractivity contribution in [1.82, 2.24) is 15.0 Å². The molecular formula is C12H7N3O3S. The van der Waals surface area contributed by atoms with Crippen molar-refractivity contribution in [2.75, 3.05) is 0 Å². The van der Waals surface area contributed by atoms with Gasteiger partial charge in [0.05, 0.1) is 12.4 Å². The largest absolute Gasteiger partial charge is 0.476 e. The Morgan fingerprint density at radius 2 is 2.05 bits per heavy atom. The van der Waals surface area contributed by atoms with E-state index in [1.165, 1.54) is 24.2 Å². The number of aromatic carboxylic acids is 1. The van der Waals surface area contributed by atoms with E-state index in [2.05, 4.69) is 15.0 Å². The number of para-hydroxylation sites is 2. The molecule has 2 aromatic heterocycles. The number of aromatic nitrogens is 3. The number of fused-ring (bicyclic) bond motifs is 1. The van der Waals surface area contributed by atoms with E-state index in [1.54, 1.807) is 0 Å². The van der Waals surface area contributed by atoms with Crippen LogP contribution in [0, 0.1) is 0 Å². The van der Waals surface area contributed by atoms with Gasteiger partial charge in [-0.2, -0.15) is 0 Å². The van der Waals surface area contributed by atoms with Crippen LogP contribution in [0.25, 0.3) is 11.1 Å². The number of hydrogen-bond acceptors (Lipinski definition) is 6. The Morgan fingerprint density at radius 3 is 2.74 bits per heavy atom. The molecule has 3 aromatic rings. The van der Waals surface area contributed by atoms with E-state index < -0.39 is 5.97 Å². The van der Waals surface area contributed by atoms with Crippen LogP contribution in [0.4, 0.5) is 0 Å². The standard InChI is InChI=1S/C12H7N3O3S/c16-11(17)8-5-14-10(6-13-8)19-12-15-7-3-1-2-4-9(7)18-12/h1-6H,(H,16,17). The third-order valence-electron chi connectivity index (χ3n) is 2.31. The number of oxazole rings is 1. The summed E-state index contributed by atoms with van der Waals surface area (Å²) in [5, 5.41) is 9.69. The zero-order valence-electron chi connectivity index (χ0n) is 9.48. The summed E-state index contributed by atoms with van der Waals surface area (Å²) in [6.07, 6.45) is 2.58. The fourth-order valence-electron chi connectivity index (χ4n) is 1.46. The number of nitrogens with zero attached hydrogens (tertiary/aromatic N) is 3. The fourth-order valence-corrected chi connectivity index (χ4v) is 2.13. The Labute approximate surface area is 111 Å². The van der Waals surface area contributed by atoms with E-state index in [1.807, 2.05) is 24.3 Å². The first kappa shape index (κ1) is 11.7. The SMILES string of the molecule is O=C(O)c1cnc(Sc2nc3ccccc3o2)cn1. The first-order valence-electron chi connectivity index (χ1n) is 5.31. The van der Waals surface area contributed by atoms with Gasteiger partial charge in [-0.25, -0.2) is 19.7 Å². The van der Waals surface area contributed by atoms with Gasteiger partial charge in [0.2, 0.25) is 0 Å². The highest BCUT2D eigenvalue weighted by Crippen LogP contribution is 2.27. The maximum atomic E-state index is 10.6. The van der Waals surface area contributed by atoms with Crippen LogP contribution < -0.4 is 0 Å². The van der Waals surface area contributed by atoms with Crippen molar-refractivity contribution in [3.05, 3.63) is 42.4 Å². The quantitative estimate of drug-likeness (QED) is 0.783. The summed E-state index contributed by atoms with van der Waals surface area (Å²) in [6.45, 7) is 0. The van der Waals surface area contributed by atoms with Crippen LogP contribution in [0.3, 0.4) is 0 Å². The molecule has 1 N–H and O–H groups in total. The molecule has 2 heterocycles. The minimum absolute atomic E-state index is 0.0954. The van der Waals surface area contributed by atoms with Gasteiger partial charge < -0.3 is 9.52 Å². The maximum Gasteiger partial charge on any atom is 0.356 e. The minimum atomic E-state index is -1.11. The molecular weight excluding hydrogens is 266 g/mol. The van der Waals surface area contributed by atoms with E-state index in [-0.39, 0.29) is 5.69 Å². The molecule has 94 valence electrons. The number of hydrogen-bond donors (Lipinski definition) is 1. The number of carboxylic acid groups (broad SMARTS) is 1. The molecule has 0 aliphatic carbocycles. The summed E-state index contributed by atoms with van der Waals surface area (Å²) in [5.74, 6) is -1.11. The van der Waals surface area contributed by atoms with Gasteiger partial charge in [-0.3, -0.25) is 0 Å². The van der Waals surface area contributed by atoms with Crippen molar-refractivity contribution in [3.63, 3.8) is 0 Å². The van der Waals surface area contributed by atoms with E-state index in [0.29, 0.717) is 15.8 Å². The third-order valence-corrected chi connectivity index (χ3v) is 3.08. The lowest BCUT2D eigenvalue weighted by molar-refractivity contribution is 0.0689. The predicted molar refractivity (Wildman–Crippen MR) is 67.1 cm³/mol. The van der Waals surface area contributed by atoms with Gasteiger partial charge in [0.25, 0.3) is 5.22 Å². The molecule has 0 spiro atoms. The molecule has 0 fully saturated rings. The molecule has 0 radical (unpaired) electrons. The van der Waals surface area contributed by atoms with Crippen molar-refractivity contribution >= 4 is 28.8 Å². The second-order valence-corrected chi connectivity index (χ2v) is 4.57. The molecule has 6 nitrogen and oxygen atoms in total. The monoisotopic (exact) mass is 273 g/mol. The maximum absolute atomic E-state index is 10.6. The predicted octanol–water partition coefficient (Wildman–Crippen LogP) is 2.47. The molecule has 0 atom stereocenters. The molecule has 0 saturated heterocycles. The number of benzene rings is 1. The molecule has 0 aliphatic heterocycles. The Balaban J connectivity index is 1.86. The van der Waals surface area contributed by atoms with Crippen molar-refractivity contribution in [2.45, 2.75) is 10.2 Å². The summed E-state index contributed by atoms with van der Waals surface area (Å²) < 4.78 is 5.52. The van der Waals surface area contributed by atoms with Gasteiger partial charge >= 0.3 is 5.97 Å². The molecule has 0 aliphatic rings. The van der Waals surface area contributed by atoms with E-state index in [9.17, 15) is 4.79 Å². The average Bonchev–Trinajstić information content (AvgIpc) is 2.81. The Morgan fingerprint density at radius 1 is 1.21 bits per heavy atom. The molecule has 0 amide bonds. The first-order valence-corrected chi connectivity index (χ1v) is 6.13. The van der Waals surface area contributed by atoms with E-state index >= 15 is 0 Å². The smallest absolute Gasteiger partial charge is 0.356 e. The van der Waals surface area contributed by atoms with Crippen LogP contribution in [0.5, 0.6) is 0 Å². The summed E-state index contributed by atoms with van der Waals surface area (Å²) in [5.41, 5.74) is 1.36. The zero-order chi connectivity index (χ0) is 13.2. The first-order chi connectivity index (χ1) is 9.22. The van der Waals surface area contributed by atoms with Crippen LogP contribution in [0.15, 0.2) is 51.3 Å². The van der Waals surface area contributed by atoms with Gasteiger partial charge in [-0.1, -0.05) is 12.1 Å². The Kier molecular flexibility index (Phi) is 2.88. The van der Waals surface area contributed by atoms with Crippen molar-refractivity contribution in [3.8, 4) is 0 Å². The number of carbonyl (C=O) groups is 1. The summed E-state index contributed by atoms with van der Waals surface area (Å²) in [4.78, 5) is 22.7. The highest BCUT2D eigenvalue weighted by molar-refractivity contribution is 7.99. The molecule has 0 unspecified atom stereocenters. The molecule has 3 rings (SSSR count). The zero-order valence-corrected chi connectivity index (χ0v) is 10.3. The van der Waals surface area contributed by atoms with E-state index in [4.69, 9.17) is 9.52 Å². The van der Waals surface area contributed by atoms with Crippen LogP contribution in [-0.2, 0) is 0 Å². The highest BCUT2D eigenvalue weighted by Gasteiger charge is 2.10. The lowest BCUT2D eigenvalue weighted by atomic mass is 10.3. The van der Waals surface area contributed by atoms with Crippen molar-refractivity contribution in [2.24, 2.45) is 0 Å². The van der Waals surface area contributed by atoms with Crippen molar-refractivity contribution in [1.29, 1.82) is 0 Å². The van der Waals surface area contributed by atoms with Crippen molar-refractivity contribution < 1.29 is 14.3 Å².